The lowest BCUT2D eigenvalue weighted by atomic mass is 10.2. The number of rotatable bonds is 9. The predicted octanol–water partition coefficient (Wildman–Crippen LogP) is 2.84. The second-order valence-corrected chi connectivity index (χ2v) is 6.32. The summed E-state index contributed by atoms with van der Waals surface area (Å²) in [6.45, 7) is 5.03. The highest BCUT2D eigenvalue weighted by molar-refractivity contribution is 5.79. The predicted molar refractivity (Wildman–Crippen MR) is 103 cm³/mol. The van der Waals surface area contributed by atoms with E-state index in [4.69, 9.17) is 4.74 Å². The van der Waals surface area contributed by atoms with Gasteiger partial charge in [0, 0.05) is 26.2 Å². The molecule has 1 aromatic rings. The number of hydrogen-bond acceptors (Lipinski definition) is 4. The second kappa shape index (κ2) is 10.9. The Bertz CT molecular complexity index is 613. The molecular formula is C19H30F2N4O2. The summed E-state index contributed by atoms with van der Waals surface area (Å²) >= 11 is 0. The Morgan fingerprint density at radius 3 is 2.78 bits per heavy atom. The molecule has 0 saturated carbocycles. The third-order valence-corrected chi connectivity index (χ3v) is 4.62. The zero-order valence-corrected chi connectivity index (χ0v) is 16.3. The number of hydrogen-bond donors (Lipinski definition) is 2. The summed E-state index contributed by atoms with van der Waals surface area (Å²) in [6, 6.07) is 5.47. The maximum Gasteiger partial charge on any atom is 0.387 e. The van der Waals surface area contributed by atoms with Gasteiger partial charge in [0.2, 0.25) is 0 Å². The number of likely N-dealkylation sites (N-methyl/N-ethyl adjacent to an activating group) is 1. The Balaban J connectivity index is 1.90. The Hall–Kier alpha value is -2.09. The number of halogens is 2. The molecule has 27 heavy (non-hydrogen) atoms. The van der Waals surface area contributed by atoms with Gasteiger partial charge in [0.05, 0.1) is 6.61 Å². The molecule has 152 valence electrons. The SMILES string of the molecule is CCOc1cc(CNC(=NC)NCC2CCCN2CC)ccc1OC(F)F. The third-order valence-electron chi connectivity index (χ3n) is 4.62. The van der Waals surface area contributed by atoms with Crippen LogP contribution >= 0.6 is 0 Å². The van der Waals surface area contributed by atoms with Crippen molar-refractivity contribution in [1.29, 1.82) is 0 Å². The second-order valence-electron chi connectivity index (χ2n) is 6.32. The van der Waals surface area contributed by atoms with Crippen molar-refractivity contribution in [3.8, 4) is 11.5 Å². The Morgan fingerprint density at radius 1 is 1.30 bits per heavy atom. The molecule has 1 unspecified atom stereocenters. The van der Waals surface area contributed by atoms with Gasteiger partial charge < -0.3 is 20.1 Å². The van der Waals surface area contributed by atoms with Crippen LogP contribution < -0.4 is 20.1 Å². The number of nitrogens with one attached hydrogen (secondary N) is 2. The molecule has 8 heteroatoms. The van der Waals surface area contributed by atoms with Gasteiger partial charge in [-0.15, -0.1) is 0 Å². The number of alkyl halides is 2. The topological polar surface area (TPSA) is 58.1 Å². The van der Waals surface area contributed by atoms with Crippen LogP contribution in [0.5, 0.6) is 11.5 Å². The first-order valence-corrected chi connectivity index (χ1v) is 9.46. The number of guanidine groups is 1. The number of benzene rings is 1. The van der Waals surface area contributed by atoms with Gasteiger partial charge in [-0.3, -0.25) is 9.89 Å². The molecule has 1 heterocycles. The largest absolute Gasteiger partial charge is 0.490 e. The van der Waals surface area contributed by atoms with Crippen molar-refractivity contribution in [3.63, 3.8) is 0 Å². The van der Waals surface area contributed by atoms with E-state index in [0.717, 1.165) is 25.2 Å². The van der Waals surface area contributed by atoms with Crippen molar-refractivity contribution in [2.45, 2.75) is 45.9 Å². The van der Waals surface area contributed by atoms with Gasteiger partial charge >= 0.3 is 6.61 Å². The van der Waals surface area contributed by atoms with Crippen molar-refractivity contribution in [3.05, 3.63) is 23.8 Å². The van der Waals surface area contributed by atoms with Gasteiger partial charge in [0.1, 0.15) is 0 Å². The number of aliphatic imine (C=N–C) groups is 1. The van der Waals surface area contributed by atoms with Crippen LogP contribution in [-0.2, 0) is 6.54 Å². The average molecular weight is 384 g/mol. The summed E-state index contributed by atoms with van der Waals surface area (Å²) in [7, 11) is 1.73. The summed E-state index contributed by atoms with van der Waals surface area (Å²) in [5.74, 6) is 1.06. The molecule has 1 aliphatic heterocycles. The minimum atomic E-state index is -2.88. The van der Waals surface area contributed by atoms with Gasteiger partial charge in [-0.05, 0) is 50.6 Å². The van der Waals surface area contributed by atoms with Gasteiger partial charge in [0.15, 0.2) is 17.5 Å². The maximum absolute atomic E-state index is 12.5. The molecule has 0 aliphatic carbocycles. The lowest BCUT2D eigenvalue weighted by Crippen LogP contribution is -2.44. The van der Waals surface area contributed by atoms with E-state index in [0.29, 0.717) is 30.9 Å². The van der Waals surface area contributed by atoms with E-state index in [-0.39, 0.29) is 5.75 Å². The lowest BCUT2D eigenvalue weighted by molar-refractivity contribution is -0.0514. The molecule has 0 bridgehead atoms. The monoisotopic (exact) mass is 384 g/mol. The first kappa shape index (κ1) is 21.2. The van der Waals surface area contributed by atoms with Crippen LogP contribution in [0.2, 0.25) is 0 Å². The highest BCUT2D eigenvalue weighted by Crippen LogP contribution is 2.29. The molecule has 1 fully saturated rings. The molecule has 1 atom stereocenters. The standard InChI is InChI=1S/C19H30F2N4O2/c1-4-25-10-6-7-15(25)13-24-19(22-3)23-12-14-8-9-16(27-18(20)21)17(11-14)26-5-2/h8-9,11,15,18H,4-7,10,12-13H2,1-3H3,(H2,22,23,24). The van der Waals surface area contributed by atoms with Crippen molar-refractivity contribution < 1.29 is 18.3 Å². The van der Waals surface area contributed by atoms with E-state index in [1.165, 1.54) is 18.9 Å². The molecule has 1 aromatic carbocycles. The first-order chi connectivity index (χ1) is 13.1. The van der Waals surface area contributed by atoms with E-state index < -0.39 is 6.61 Å². The minimum Gasteiger partial charge on any atom is -0.490 e. The first-order valence-electron chi connectivity index (χ1n) is 9.46. The molecule has 1 aliphatic rings. The summed E-state index contributed by atoms with van der Waals surface area (Å²) < 4.78 is 34.9. The van der Waals surface area contributed by atoms with Crippen molar-refractivity contribution >= 4 is 5.96 Å². The Morgan fingerprint density at radius 2 is 2.11 bits per heavy atom. The van der Waals surface area contributed by atoms with E-state index in [9.17, 15) is 8.78 Å². The summed E-state index contributed by atoms with van der Waals surface area (Å²) in [6.07, 6.45) is 2.43. The molecule has 2 N–H and O–H groups in total. The van der Waals surface area contributed by atoms with Crippen LogP contribution in [0.3, 0.4) is 0 Å². The zero-order chi connectivity index (χ0) is 19.6. The van der Waals surface area contributed by atoms with Gasteiger partial charge in [-0.25, -0.2) is 0 Å². The Labute approximate surface area is 159 Å². The smallest absolute Gasteiger partial charge is 0.387 e. The molecule has 0 aromatic heterocycles. The average Bonchev–Trinajstić information content (AvgIpc) is 3.11. The van der Waals surface area contributed by atoms with Crippen LogP contribution in [0.25, 0.3) is 0 Å². The third kappa shape index (κ3) is 6.53. The summed E-state index contributed by atoms with van der Waals surface area (Å²) in [5.41, 5.74) is 0.888. The van der Waals surface area contributed by atoms with Crippen molar-refractivity contribution in [2.75, 3.05) is 33.3 Å². The maximum atomic E-state index is 12.5. The lowest BCUT2D eigenvalue weighted by Gasteiger charge is -2.24. The Kier molecular flexibility index (Phi) is 8.57. The fraction of sp³-hybridized carbons (Fsp3) is 0.632. The van der Waals surface area contributed by atoms with E-state index in [2.05, 4.69) is 32.2 Å². The minimum absolute atomic E-state index is 0.0407. The van der Waals surface area contributed by atoms with Crippen LogP contribution in [0.1, 0.15) is 32.3 Å². The number of ether oxygens (including phenoxy) is 2. The molecular weight excluding hydrogens is 354 g/mol. The fourth-order valence-corrected chi connectivity index (χ4v) is 3.29. The van der Waals surface area contributed by atoms with Crippen LogP contribution in [0.15, 0.2) is 23.2 Å². The van der Waals surface area contributed by atoms with Crippen molar-refractivity contribution in [2.24, 2.45) is 4.99 Å². The fourth-order valence-electron chi connectivity index (χ4n) is 3.29. The highest BCUT2D eigenvalue weighted by Gasteiger charge is 2.22. The van der Waals surface area contributed by atoms with Crippen LogP contribution in [0, 0.1) is 0 Å². The summed E-state index contributed by atoms with van der Waals surface area (Å²) in [5, 5.41) is 6.61. The van der Waals surface area contributed by atoms with Crippen LogP contribution in [-0.4, -0.2) is 56.8 Å². The number of nitrogens with zero attached hydrogens (tertiary/aromatic N) is 2. The molecule has 2 rings (SSSR count). The van der Waals surface area contributed by atoms with E-state index in [1.807, 2.05) is 0 Å². The van der Waals surface area contributed by atoms with Gasteiger partial charge in [-0.1, -0.05) is 13.0 Å². The molecule has 6 nitrogen and oxygen atoms in total. The molecule has 0 spiro atoms. The normalized spacial score (nSPS) is 18.0. The quantitative estimate of drug-likeness (QED) is 0.507. The highest BCUT2D eigenvalue weighted by atomic mass is 19.3. The van der Waals surface area contributed by atoms with Gasteiger partial charge in [0.25, 0.3) is 0 Å². The van der Waals surface area contributed by atoms with Gasteiger partial charge in [-0.2, -0.15) is 8.78 Å². The molecule has 0 radical (unpaired) electrons. The zero-order valence-electron chi connectivity index (χ0n) is 16.3. The van der Waals surface area contributed by atoms with E-state index >= 15 is 0 Å². The van der Waals surface area contributed by atoms with Crippen molar-refractivity contribution in [1.82, 2.24) is 15.5 Å². The summed E-state index contributed by atoms with van der Waals surface area (Å²) in [4.78, 5) is 6.72. The van der Waals surface area contributed by atoms with Crippen LogP contribution in [0.4, 0.5) is 8.78 Å². The molecule has 1 saturated heterocycles. The van der Waals surface area contributed by atoms with E-state index in [1.54, 1.807) is 26.1 Å². The number of likely N-dealkylation sites (tertiary alicyclic amines) is 1. The molecule has 0 amide bonds.